The summed E-state index contributed by atoms with van der Waals surface area (Å²) in [5.74, 6) is -17.6. The van der Waals surface area contributed by atoms with Gasteiger partial charge in [-0.05, 0) is 28.5 Å². The first-order valence-corrected chi connectivity index (χ1v) is 8.41. The number of aliphatic hydroxyl groups is 1. The molecule has 2 aliphatic rings. The van der Waals surface area contributed by atoms with Gasteiger partial charge in [0.2, 0.25) is 0 Å². The lowest BCUT2D eigenvalue weighted by Gasteiger charge is -2.30. The number of nitrogens with zero attached hydrogens (tertiary/aromatic N) is 1. The Hall–Kier alpha value is -2.61. The van der Waals surface area contributed by atoms with Crippen molar-refractivity contribution in [3.8, 4) is 17.6 Å². The molecule has 1 atom stereocenters. The Morgan fingerprint density at radius 1 is 0.968 bits per heavy atom. The molecule has 0 saturated heterocycles. The van der Waals surface area contributed by atoms with Crippen LogP contribution in [0.2, 0.25) is 0 Å². The standard InChI is InChI=1S/C18H5B3F7NO2/c19-10-5(3-29)11(20)14(12(21)13(10)22)31-7-2-1-6-8-9(7)16(23,24)4-15(8,30)18(27,28)17(6,25)26/h1-2,30H,4H2/t15-/m1/s1. The molecule has 2 aliphatic carbocycles. The highest BCUT2D eigenvalue weighted by Crippen LogP contribution is 2.70. The van der Waals surface area contributed by atoms with E-state index in [9.17, 15) is 35.8 Å². The highest BCUT2D eigenvalue weighted by atomic mass is 19.3. The molecule has 4 rings (SSSR count). The molecule has 0 saturated carbocycles. The zero-order chi connectivity index (χ0) is 23.3. The lowest BCUT2D eigenvalue weighted by atomic mass is 9.75. The number of rotatable bonds is 2. The number of alkyl halides is 6. The molecule has 0 amide bonds. The van der Waals surface area contributed by atoms with E-state index in [1.165, 1.54) is 6.07 Å². The third-order valence-corrected chi connectivity index (χ3v) is 5.50. The molecule has 0 spiro atoms. The van der Waals surface area contributed by atoms with Gasteiger partial charge in [0.1, 0.15) is 40.9 Å². The summed E-state index contributed by atoms with van der Waals surface area (Å²) in [6.07, 6.45) is -2.05. The fourth-order valence-electron chi connectivity index (χ4n) is 4.02. The van der Waals surface area contributed by atoms with Crippen molar-refractivity contribution in [2.45, 2.75) is 29.8 Å². The summed E-state index contributed by atoms with van der Waals surface area (Å²) >= 11 is 0. The topological polar surface area (TPSA) is 53.2 Å². The monoisotopic (exact) mass is 433 g/mol. The Kier molecular flexibility index (Phi) is 4.19. The van der Waals surface area contributed by atoms with Gasteiger partial charge in [0.15, 0.2) is 5.60 Å². The van der Waals surface area contributed by atoms with Crippen molar-refractivity contribution in [3.63, 3.8) is 0 Å². The van der Waals surface area contributed by atoms with E-state index in [0.29, 0.717) is 12.1 Å². The number of ether oxygens (including phenoxy) is 1. The molecule has 0 unspecified atom stereocenters. The Labute approximate surface area is 174 Å². The van der Waals surface area contributed by atoms with E-state index >= 15 is 0 Å². The Bertz CT molecular complexity index is 1210. The average molecular weight is 433 g/mol. The van der Waals surface area contributed by atoms with E-state index in [0.717, 1.165) is 0 Å². The molecule has 0 aliphatic heterocycles. The number of hydrogen-bond donors (Lipinski definition) is 1. The van der Waals surface area contributed by atoms with Gasteiger partial charge in [-0.1, -0.05) is 0 Å². The normalized spacial score (nSPS) is 24.0. The molecule has 2 aromatic carbocycles. The van der Waals surface area contributed by atoms with Crippen LogP contribution in [0.5, 0.6) is 11.5 Å². The zero-order valence-electron chi connectivity index (χ0n) is 15.0. The number of nitriles is 1. The molecule has 1 N–H and O–H groups in total. The summed E-state index contributed by atoms with van der Waals surface area (Å²) in [7, 11) is 16.5. The van der Waals surface area contributed by atoms with Gasteiger partial charge in [0.05, 0.1) is 18.1 Å². The van der Waals surface area contributed by atoms with Crippen LogP contribution < -0.4 is 21.1 Å². The van der Waals surface area contributed by atoms with Gasteiger partial charge in [-0.25, -0.2) is 13.2 Å². The first-order valence-electron chi connectivity index (χ1n) is 8.41. The van der Waals surface area contributed by atoms with Crippen LogP contribution in [-0.4, -0.2) is 34.6 Å². The minimum absolute atomic E-state index is 0.382. The first-order chi connectivity index (χ1) is 14.1. The smallest absolute Gasteiger partial charge is 0.346 e. The molecule has 6 radical (unpaired) electrons. The molecule has 0 fully saturated rings. The summed E-state index contributed by atoms with van der Waals surface area (Å²) in [5.41, 5.74) is -11.2. The van der Waals surface area contributed by atoms with Crippen LogP contribution in [0.1, 0.15) is 28.7 Å². The van der Waals surface area contributed by atoms with Crippen LogP contribution in [0.25, 0.3) is 0 Å². The van der Waals surface area contributed by atoms with Crippen LogP contribution in [-0.2, 0) is 17.4 Å². The van der Waals surface area contributed by atoms with Crippen molar-refractivity contribution in [2.75, 3.05) is 0 Å². The maximum atomic E-state index is 14.7. The molecule has 152 valence electrons. The highest BCUT2D eigenvalue weighted by Gasteiger charge is 2.81. The van der Waals surface area contributed by atoms with Gasteiger partial charge in [-0.3, -0.25) is 0 Å². The molecular weight excluding hydrogens is 428 g/mol. The lowest BCUT2D eigenvalue weighted by molar-refractivity contribution is -0.294. The molecule has 0 bridgehead atoms. The van der Waals surface area contributed by atoms with Gasteiger partial charge >= 0.3 is 11.8 Å². The third-order valence-electron chi connectivity index (χ3n) is 5.50. The Morgan fingerprint density at radius 2 is 1.58 bits per heavy atom. The second kappa shape index (κ2) is 6.00. The van der Waals surface area contributed by atoms with Crippen LogP contribution in [0.3, 0.4) is 0 Å². The van der Waals surface area contributed by atoms with Crippen molar-refractivity contribution in [1.29, 1.82) is 5.26 Å². The third kappa shape index (κ3) is 2.37. The van der Waals surface area contributed by atoms with E-state index < -0.39 is 85.7 Å². The van der Waals surface area contributed by atoms with Crippen molar-refractivity contribution in [2.24, 2.45) is 0 Å². The second-order valence-electron chi connectivity index (χ2n) is 7.22. The first kappa shape index (κ1) is 21.6. The fourth-order valence-corrected chi connectivity index (χ4v) is 4.02. The zero-order valence-corrected chi connectivity index (χ0v) is 15.0. The van der Waals surface area contributed by atoms with Crippen LogP contribution in [0.4, 0.5) is 30.7 Å². The van der Waals surface area contributed by atoms with Gasteiger partial charge < -0.3 is 9.84 Å². The predicted octanol–water partition coefficient (Wildman–Crippen LogP) is 1.29. The Balaban J connectivity index is 1.99. The number of benzene rings is 2. The summed E-state index contributed by atoms with van der Waals surface area (Å²) in [5, 5.41) is 19.3. The maximum absolute atomic E-state index is 14.7. The van der Waals surface area contributed by atoms with Crippen molar-refractivity contribution >= 4 is 39.9 Å². The number of hydrogen-bond acceptors (Lipinski definition) is 3. The largest absolute Gasteiger partial charge is 0.458 e. The van der Waals surface area contributed by atoms with E-state index in [-0.39, 0.29) is 0 Å². The van der Waals surface area contributed by atoms with Gasteiger partial charge in [0, 0.05) is 16.7 Å². The highest BCUT2D eigenvalue weighted by molar-refractivity contribution is 6.47. The van der Waals surface area contributed by atoms with Crippen LogP contribution >= 0.6 is 0 Å². The van der Waals surface area contributed by atoms with Crippen LogP contribution in [0.15, 0.2) is 12.1 Å². The summed E-state index contributed by atoms with van der Waals surface area (Å²) in [4.78, 5) is 0. The fraction of sp³-hybridized carbons (Fsp3) is 0.278. The minimum Gasteiger partial charge on any atom is -0.458 e. The van der Waals surface area contributed by atoms with Crippen LogP contribution in [0, 0.1) is 17.1 Å². The maximum Gasteiger partial charge on any atom is 0.346 e. The lowest BCUT2D eigenvalue weighted by Crippen LogP contribution is -2.48. The Morgan fingerprint density at radius 3 is 2.16 bits per heavy atom. The molecule has 0 aromatic heterocycles. The van der Waals surface area contributed by atoms with Gasteiger partial charge in [-0.15, -0.1) is 0 Å². The quantitative estimate of drug-likeness (QED) is 0.575. The summed E-state index contributed by atoms with van der Waals surface area (Å²) in [6.45, 7) is 0. The SMILES string of the molecule is [B]c1c(F)c([B])c(Oc2ccc3c4c2C(F)(F)C[C@]4(O)C(F)(F)C3(F)F)c([B])c1C#N. The van der Waals surface area contributed by atoms with Crippen molar-refractivity contribution in [3.05, 3.63) is 40.2 Å². The predicted molar refractivity (Wildman–Crippen MR) is 95.0 cm³/mol. The molecular formula is C18H5B3F7NO2. The number of halogens is 7. The van der Waals surface area contributed by atoms with E-state index in [1.54, 1.807) is 0 Å². The van der Waals surface area contributed by atoms with Gasteiger partial charge in [-0.2, -0.15) is 22.8 Å². The van der Waals surface area contributed by atoms with Gasteiger partial charge in [0.25, 0.3) is 5.92 Å². The minimum atomic E-state index is -5.24. The molecule has 31 heavy (non-hydrogen) atoms. The van der Waals surface area contributed by atoms with Crippen molar-refractivity contribution in [1.82, 2.24) is 0 Å². The van der Waals surface area contributed by atoms with E-state index in [2.05, 4.69) is 0 Å². The van der Waals surface area contributed by atoms with E-state index in [4.69, 9.17) is 33.5 Å². The second-order valence-corrected chi connectivity index (χ2v) is 7.22. The molecule has 2 aromatic rings. The molecule has 0 heterocycles. The average Bonchev–Trinajstić information content (AvgIpc) is 2.96. The molecule has 13 heteroatoms. The summed E-state index contributed by atoms with van der Waals surface area (Å²) in [6, 6.07) is 2.37. The summed E-state index contributed by atoms with van der Waals surface area (Å²) < 4.78 is 106. The van der Waals surface area contributed by atoms with Crippen molar-refractivity contribution < 1.29 is 40.6 Å². The molecule has 3 nitrogen and oxygen atoms in total. The van der Waals surface area contributed by atoms with E-state index in [1.807, 2.05) is 0 Å².